The van der Waals surface area contributed by atoms with Crippen LogP contribution in [0.2, 0.25) is 0 Å². The topological polar surface area (TPSA) is 66.3 Å². The van der Waals surface area contributed by atoms with Crippen molar-refractivity contribution < 1.29 is 9.18 Å². The van der Waals surface area contributed by atoms with Gasteiger partial charge in [-0.1, -0.05) is 6.07 Å². The maximum Gasteiger partial charge on any atom is 0.321 e. The number of aromatic nitrogens is 3. The Balaban J connectivity index is 1.40. The van der Waals surface area contributed by atoms with E-state index < -0.39 is 0 Å². The molecule has 0 unspecified atom stereocenters. The molecule has 29 heavy (non-hydrogen) atoms. The average Bonchev–Trinajstić information content (AvgIpc) is 3.25. The smallest absolute Gasteiger partial charge is 0.321 e. The number of amides is 2. The molecule has 0 atom stereocenters. The maximum atomic E-state index is 13.7. The molecule has 3 aromatic rings. The normalized spacial score (nSPS) is 14.2. The molecule has 0 aliphatic carbocycles. The fourth-order valence-corrected chi connectivity index (χ4v) is 3.33. The van der Waals surface area contributed by atoms with Crippen LogP contribution in [0, 0.1) is 19.7 Å². The average molecular weight is 394 g/mol. The number of hydrogen-bond acceptors (Lipinski definition) is 4. The third-order valence-electron chi connectivity index (χ3n) is 4.99. The van der Waals surface area contributed by atoms with Gasteiger partial charge in [-0.2, -0.15) is 0 Å². The highest BCUT2D eigenvalue weighted by Gasteiger charge is 2.23. The largest absolute Gasteiger partial charge is 0.353 e. The fourth-order valence-electron chi connectivity index (χ4n) is 3.33. The minimum atomic E-state index is -0.328. The van der Waals surface area contributed by atoms with Crippen LogP contribution in [-0.4, -0.2) is 51.6 Å². The van der Waals surface area contributed by atoms with Crippen LogP contribution < -0.4 is 10.2 Å². The molecule has 1 N–H and O–H groups in total. The van der Waals surface area contributed by atoms with Crippen molar-refractivity contribution in [3.63, 3.8) is 0 Å². The molecule has 1 saturated heterocycles. The molecule has 0 saturated carbocycles. The first-order valence-electron chi connectivity index (χ1n) is 9.56. The number of carbonyl (C=O) groups is 1. The third kappa shape index (κ3) is 4.21. The highest BCUT2D eigenvalue weighted by atomic mass is 19.1. The van der Waals surface area contributed by atoms with Gasteiger partial charge in [0.25, 0.3) is 0 Å². The lowest BCUT2D eigenvalue weighted by Crippen LogP contribution is -2.50. The first-order chi connectivity index (χ1) is 14.0. The zero-order chi connectivity index (χ0) is 20.4. The summed E-state index contributed by atoms with van der Waals surface area (Å²) in [5.74, 6) is 2.04. The second kappa shape index (κ2) is 7.90. The molecule has 4 rings (SSSR count). The van der Waals surface area contributed by atoms with Gasteiger partial charge in [-0.05, 0) is 43.7 Å². The number of benzene rings is 1. The van der Waals surface area contributed by atoms with Gasteiger partial charge in [-0.3, -0.25) is 0 Å². The molecule has 1 aliphatic heterocycles. The van der Waals surface area contributed by atoms with E-state index in [4.69, 9.17) is 0 Å². The lowest BCUT2D eigenvalue weighted by molar-refractivity contribution is 0.208. The van der Waals surface area contributed by atoms with Crippen LogP contribution in [0.1, 0.15) is 11.4 Å². The fraction of sp³-hybridized carbons (Fsp3) is 0.286. The van der Waals surface area contributed by atoms with E-state index in [0.717, 1.165) is 11.6 Å². The van der Waals surface area contributed by atoms with Gasteiger partial charge in [0.15, 0.2) is 0 Å². The number of anilines is 2. The van der Waals surface area contributed by atoms with Gasteiger partial charge in [0.2, 0.25) is 0 Å². The van der Waals surface area contributed by atoms with E-state index in [-0.39, 0.29) is 11.8 Å². The van der Waals surface area contributed by atoms with Crippen molar-refractivity contribution >= 4 is 17.5 Å². The molecule has 3 heterocycles. The highest BCUT2D eigenvalue weighted by Crippen LogP contribution is 2.19. The van der Waals surface area contributed by atoms with Crippen molar-refractivity contribution in [3.8, 4) is 5.82 Å². The molecule has 150 valence electrons. The molecule has 1 aliphatic rings. The van der Waals surface area contributed by atoms with Gasteiger partial charge >= 0.3 is 6.03 Å². The zero-order valence-corrected chi connectivity index (χ0v) is 16.5. The van der Waals surface area contributed by atoms with Gasteiger partial charge in [0.1, 0.15) is 23.3 Å². The second-order valence-electron chi connectivity index (χ2n) is 7.09. The molecule has 8 heteroatoms. The van der Waals surface area contributed by atoms with Crippen LogP contribution in [0.4, 0.5) is 20.7 Å². The zero-order valence-electron chi connectivity index (χ0n) is 16.5. The molecular weight excluding hydrogens is 371 g/mol. The summed E-state index contributed by atoms with van der Waals surface area (Å²) < 4.78 is 15.6. The predicted octanol–water partition coefficient (Wildman–Crippen LogP) is 3.38. The first kappa shape index (κ1) is 18.9. The van der Waals surface area contributed by atoms with Crippen molar-refractivity contribution in [1.29, 1.82) is 0 Å². The van der Waals surface area contributed by atoms with Crippen molar-refractivity contribution in [3.05, 3.63) is 66.0 Å². The molecule has 0 spiro atoms. The minimum absolute atomic E-state index is 0.222. The standard InChI is InChI=1S/C21H23FN6O/c1-15-5-6-17(13-18(15)22)25-21(29)28-11-9-27(10-12-28)20-14-19(23-16(2)24-20)26-7-3-4-8-26/h3-8,13-14H,9-12H2,1-2H3,(H,25,29). The molecule has 2 amide bonds. The Morgan fingerprint density at radius 1 is 1.00 bits per heavy atom. The van der Waals surface area contributed by atoms with E-state index in [2.05, 4.69) is 20.2 Å². The Kier molecular flexibility index (Phi) is 5.16. The quantitative estimate of drug-likeness (QED) is 0.740. The number of urea groups is 1. The first-order valence-corrected chi connectivity index (χ1v) is 9.56. The maximum absolute atomic E-state index is 13.7. The molecule has 0 radical (unpaired) electrons. The minimum Gasteiger partial charge on any atom is -0.353 e. The Morgan fingerprint density at radius 3 is 2.38 bits per heavy atom. The van der Waals surface area contributed by atoms with E-state index in [9.17, 15) is 9.18 Å². The number of carbonyl (C=O) groups excluding carboxylic acids is 1. The molecule has 7 nitrogen and oxygen atoms in total. The van der Waals surface area contributed by atoms with Gasteiger partial charge in [0.05, 0.1) is 0 Å². The van der Waals surface area contributed by atoms with Gasteiger partial charge < -0.3 is 19.7 Å². The number of rotatable bonds is 3. The van der Waals surface area contributed by atoms with Crippen LogP contribution in [0.5, 0.6) is 0 Å². The van der Waals surface area contributed by atoms with Crippen molar-refractivity contribution in [2.24, 2.45) is 0 Å². The van der Waals surface area contributed by atoms with E-state index in [1.807, 2.05) is 42.1 Å². The number of hydrogen-bond donors (Lipinski definition) is 1. The van der Waals surface area contributed by atoms with Gasteiger partial charge in [-0.15, -0.1) is 0 Å². The SMILES string of the molecule is Cc1nc(N2CCN(C(=O)Nc3ccc(C)c(F)c3)CC2)cc(-n2cccc2)n1. The lowest BCUT2D eigenvalue weighted by Gasteiger charge is -2.35. The van der Waals surface area contributed by atoms with Crippen LogP contribution in [-0.2, 0) is 0 Å². The summed E-state index contributed by atoms with van der Waals surface area (Å²) in [5.41, 5.74) is 1.01. The number of nitrogens with zero attached hydrogens (tertiary/aromatic N) is 5. The van der Waals surface area contributed by atoms with Crippen LogP contribution in [0.15, 0.2) is 48.8 Å². The number of aryl methyl sites for hydroxylation is 2. The van der Waals surface area contributed by atoms with Crippen molar-refractivity contribution in [2.45, 2.75) is 13.8 Å². The Labute approximate surface area is 168 Å². The second-order valence-corrected chi connectivity index (χ2v) is 7.09. The van der Waals surface area contributed by atoms with Gasteiger partial charge in [0, 0.05) is 50.3 Å². The Hall–Kier alpha value is -3.42. The molecular formula is C21H23FN6O. The van der Waals surface area contributed by atoms with E-state index in [1.54, 1.807) is 24.0 Å². The molecule has 1 aromatic carbocycles. The van der Waals surface area contributed by atoms with E-state index in [1.165, 1.54) is 6.07 Å². The van der Waals surface area contributed by atoms with Crippen LogP contribution in [0.3, 0.4) is 0 Å². The monoisotopic (exact) mass is 394 g/mol. The molecule has 2 aromatic heterocycles. The van der Waals surface area contributed by atoms with Crippen molar-refractivity contribution in [2.75, 3.05) is 36.4 Å². The summed E-state index contributed by atoms with van der Waals surface area (Å²) in [6, 6.07) is 10.3. The van der Waals surface area contributed by atoms with Crippen molar-refractivity contribution in [1.82, 2.24) is 19.4 Å². The van der Waals surface area contributed by atoms with Gasteiger partial charge in [-0.25, -0.2) is 19.2 Å². The summed E-state index contributed by atoms with van der Waals surface area (Å²) in [6.45, 7) is 6.01. The molecule has 0 bridgehead atoms. The number of halogens is 1. The summed E-state index contributed by atoms with van der Waals surface area (Å²) in [7, 11) is 0. The Bertz CT molecular complexity index is 1010. The summed E-state index contributed by atoms with van der Waals surface area (Å²) in [6.07, 6.45) is 3.89. The summed E-state index contributed by atoms with van der Waals surface area (Å²) in [5, 5.41) is 2.77. The Morgan fingerprint density at radius 2 is 1.69 bits per heavy atom. The lowest BCUT2D eigenvalue weighted by atomic mass is 10.2. The predicted molar refractivity (Wildman–Crippen MR) is 110 cm³/mol. The summed E-state index contributed by atoms with van der Waals surface area (Å²) in [4.78, 5) is 25.5. The van der Waals surface area contributed by atoms with E-state index >= 15 is 0 Å². The number of piperazine rings is 1. The summed E-state index contributed by atoms with van der Waals surface area (Å²) >= 11 is 0. The third-order valence-corrected chi connectivity index (χ3v) is 4.99. The van der Waals surface area contributed by atoms with Crippen LogP contribution in [0.25, 0.3) is 5.82 Å². The molecule has 1 fully saturated rings. The van der Waals surface area contributed by atoms with Crippen LogP contribution >= 0.6 is 0 Å². The number of nitrogens with one attached hydrogen (secondary N) is 1. The van der Waals surface area contributed by atoms with E-state index in [0.29, 0.717) is 43.3 Å². The highest BCUT2D eigenvalue weighted by molar-refractivity contribution is 5.89.